The second kappa shape index (κ2) is 14.0. The van der Waals surface area contributed by atoms with E-state index in [1.807, 2.05) is 0 Å². The first-order valence-corrected chi connectivity index (χ1v) is 13.6. The molecule has 20 nitrogen and oxygen atoms in total. The fraction of sp³-hybridized carbons (Fsp3) is 0.950. The number of carbonyl (C=O) groups is 1. The van der Waals surface area contributed by atoms with Crippen LogP contribution in [-0.4, -0.2) is 177 Å². The number of hydrogen-bond donors (Lipinski definition) is 11. The SMILES string of the molecule is CC(=O)N[C@H]1[C@H](O[C@H]2[C@@H](O)[C@@H](CO)O[C@H](O[C@@H]3[C@@H](O)[C@H](O)O[C@H](CO)[C@@H]3O)[C@@H]2O)O[C@H](CO)[C@H](O)[C@@H]1OS(=O)(=O)O. The second-order valence-electron chi connectivity index (χ2n) is 9.57. The highest BCUT2D eigenvalue weighted by Crippen LogP contribution is 2.33. The van der Waals surface area contributed by atoms with Gasteiger partial charge in [-0.05, 0) is 0 Å². The Hall–Kier alpha value is -1.22. The van der Waals surface area contributed by atoms with Crippen molar-refractivity contribution < 1.29 is 91.6 Å². The molecule has 3 rings (SSSR count). The van der Waals surface area contributed by atoms with Gasteiger partial charge in [-0.3, -0.25) is 9.35 Å². The van der Waals surface area contributed by atoms with Gasteiger partial charge in [0.2, 0.25) is 5.91 Å². The molecule has 0 bridgehead atoms. The highest BCUT2D eigenvalue weighted by atomic mass is 32.3. The summed E-state index contributed by atoms with van der Waals surface area (Å²) in [5.74, 6) is -0.840. The van der Waals surface area contributed by atoms with E-state index >= 15 is 0 Å². The second-order valence-corrected chi connectivity index (χ2v) is 10.6. The smallest absolute Gasteiger partial charge is 0.394 e. The minimum atomic E-state index is -5.27. The lowest BCUT2D eigenvalue weighted by Crippen LogP contribution is -2.69. The average Bonchev–Trinajstić information content (AvgIpc) is 2.89. The summed E-state index contributed by atoms with van der Waals surface area (Å²) in [5.41, 5.74) is 0. The Morgan fingerprint density at radius 3 is 1.63 bits per heavy atom. The van der Waals surface area contributed by atoms with Gasteiger partial charge in [-0.15, -0.1) is 0 Å². The van der Waals surface area contributed by atoms with Crippen molar-refractivity contribution in [2.45, 2.75) is 99.0 Å². The Balaban J connectivity index is 1.91. The fourth-order valence-electron chi connectivity index (χ4n) is 4.69. The molecule has 11 N–H and O–H groups in total. The monoisotopic (exact) mass is 625 g/mol. The third-order valence-corrected chi connectivity index (χ3v) is 7.17. The lowest BCUT2D eigenvalue weighted by atomic mass is 9.95. The van der Waals surface area contributed by atoms with Gasteiger partial charge in [0, 0.05) is 6.92 Å². The van der Waals surface area contributed by atoms with Crippen LogP contribution in [0.5, 0.6) is 0 Å². The molecule has 21 heteroatoms. The topological polar surface area (TPSA) is 321 Å². The summed E-state index contributed by atoms with van der Waals surface area (Å²) in [6.45, 7) is -1.70. The van der Waals surface area contributed by atoms with Crippen molar-refractivity contribution in [1.82, 2.24) is 5.32 Å². The molecule has 240 valence electrons. The largest absolute Gasteiger partial charge is 0.397 e. The summed E-state index contributed by atoms with van der Waals surface area (Å²) in [6, 6.07) is -1.76. The number of ether oxygens (including phenoxy) is 5. The van der Waals surface area contributed by atoms with Crippen LogP contribution < -0.4 is 5.32 Å². The molecule has 3 saturated heterocycles. The van der Waals surface area contributed by atoms with Gasteiger partial charge in [0.15, 0.2) is 18.9 Å². The number of nitrogens with one attached hydrogen (secondary N) is 1. The molecule has 0 spiro atoms. The molecular weight excluding hydrogens is 590 g/mol. The quantitative estimate of drug-likeness (QED) is 0.100. The molecule has 15 atom stereocenters. The molecule has 0 saturated carbocycles. The normalized spacial score (nSPS) is 45.8. The van der Waals surface area contributed by atoms with Crippen molar-refractivity contribution >= 4 is 16.3 Å². The number of hydrogen-bond acceptors (Lipinski definition) is 18. The van der Waals surface area contributed by atoms with E-state index < -0.39 is 128 Å². The van der Waals surface area contributed by atoms with Crippen molar-refractivity contribution in [2.24, 2.45) is 0 Å². The predicted octanol–water partition coefficient (Wildman–Crippen LogP) is -7.60. The van der Waals surface area contributed by atoms with Crippen LogP contribution in [0.25, 0.3) is 0 Å². The number of rotatable bonds is 10. The molecule has 0 aliphatic carbocycles. The fourth-order valence-corrected chi connectivity index (χ4v) is 5.20. The molecule has 0 unspecified atom stereocenters. The van der Waals surface area contributed by atoms with Crippen LogP contribution in [0.15, 0.2) is 0 Å². The maximum absolute atomic E-state index is 11.9. The zero-order valence-electron chi connectivity index (χ0n) is 21.3. The first-order chi connectivity index (χ1) is 19.1. The van der Waals surface area contributed by atoms with E-state index in [-0.39, 0.29) is 0 Å². The molecule has 0 radical (unpaired) electrons. The molecule has 3 aliphatic heterocycles. The van der Waals surface area contributed by atoms with Gasteiger partial charge in [-0.1, -0.05) is 0 Å². The Morgan fingerprint density at radius 1 is 0.707 bits per heavy atom. The minimum Gasteiger partial charge on any atom is -0.394 e. The maximum atomic E-state index is 11.9. The molecule has 3 aliphatic rings. The van der Waals surface area contributed by atoms with Gasteiger partial charge >= 0.3 is 10.4 Å². The van der Waals surface area contributed by atoms with Crippen LogP contribution in [-0.2, 0) is 43.1 Å². The zero-order valence-corrected chi connectivity index (χ0v) is 22.2. The van der Waals surface area contributed by atoms with Gasteiger partial charge in [-0.2, -0.15) is 8.42 Å². The van der Waals surface area contributed by atoms with E-state index in [0.29, 0.717) is 0 Å². The molecule has 3 fully saturated rings. The maximum Gasteiger partial charge on any atom is 0.397 e. The van der Waals surface area contributed by atoms with Crippen LogP contribution in [0.1, 0.15) is 6.92 Å². The highest BCUT2D eigenvalue weighted by Gasteiger charge is 2.54. The van der Waals surface area contributed by atoms with Crippen LogP contribution >= 0.6 is 0 Å². The molecule has 3 heterocycles. The first kappa shape index (κ1) is 34.3. The summed E-state index contributed by atoms with van der Waals surface area (Å²) in [4.78, 5) is 11.9. The number of carbonyl (C=O) groups excluding carboxylic acids is 1. The van der Waals surface area contributed by atoms with Crippen LogP contribution in [0.4, 0.5) is 0 Å². The van der Waals surface area contributed by atoms with Crippen LogP contribution in [0, 0.1) is 0 Å². The Labute approximate surface area is 232 Å². The van der Waals surface area contributed by atoms with Crippen molar-refractivity contribution in [1.29, 1.82) is 0 Å². The molecule has 0 aromatic carbocycles. The zero-order chi connectivity index (χ0) is 30.8. The number of amides is 1. The van der Waals surface area contributed by atoms with E-state index in [2.05, 4.69) is 9.50 Å². The van der Waals surface area contributed by atoms with Crippen molar-refractivity contribution in [3.05, 3.63) is 0 Å². The lowest BCUT2D eigenvalue weighted by Gasteiger charge is -2.48. The van der Waals surface area contributed by atoms with E-state index in [1.165, 1.54) is 0 Å². The molecule has 1 amide bonds. The van der Waals surface area contributed by atoms with E-state index in [4.69, 9.17) is 23.7 Å². The third kappa shape index (κ3) is 7.84. The Bertz CT molecular complexity index is 972. The van der Waals surface area contributed by atoms with Gasteiger partial charge in [-0.25, -0.2) is 4.18 Å². The predicted molar refractivity (Wildman–Crippen MR) is 123 cm³/mol. The summed E-state index contributed by atoms with van der Waals surface area (Å²) < 4.78 is 63.3. The summed E-state index contributed by atoms with van der Waals surface area (Å²) in [7, 11) is -5.27. The average molecular weight is 626 g/mol. The number of aliphatic hydroxyl groups is 9. The molecule has 0 aromatic rings. The molecule has 0 aromatic heterocycles. The highest BCUT2D eigenvalue weighted by molar-refractivity contribution is 7.80. The lowest BCUT2D eigenvalue weighted by molar-refractivity contribution is -0.373. The van der Waals surface area contributed by atoms with Gasteiger partial charge < -0.3 is 75.0 Å². The summed E-state index contributed by atoms with van der Waals surface area (Å²) >= 11 is 0. The van der Waals surface area contributed by atoms with Gasteiger partial charge in [0.25, 0.3) is 0 Å². The van der Waals surface area contributed by atoms with E-state index in [1.54, 1.807) is 0 Å². The van der Waals surface area contributed by atoms with Crippen molar-refractivity contribution in [3.63, 3.8) is 0 Å². The summed E-state index contributed by atoms with van der Waals surface area (Å²) in [5, 5.41) is 93.7. The van der Waals surface area contributed by atoms with Gasteiger partial charge in [0.05, 0.1) is 19.8 Å². The molecule has 41 heavy (non-hydrogen) atoms. The van der Waals surface area contributed by atoms with Gasteiger partial charge in [0.1, 0.15) is 73.2 Å². The standard InChI is InChI=1S/C20H35NO19S/c1-5(25)21-9-15(40-41(32,33)34)10(26)7(3-23)36-19(9)38-17-12(28)8(4-24)37-20(14(17)30)39-16-11(27)6(2-22)35-18(31)13(16)29/h6-20,22-24,26-31H,2-4H2,1H3,(H,21,25)(H,32,33,34)/t6-,7-,8-,9-,10+,11+,12+,13-,14-,15-,16+,17+,18-,19+,20-/m1/s1. The third-order valence-electron chi connectivity index (χ3n) is 6.70. The van der Waals surface area contributed by atoms with Crippen LogP contribution in [0.2, 0.25) is 0 Å². The minimum absolute atomic E-state index is 0.809. The Kier molecular flexibility index (Phi) is 11.7. The van der Waals surface area contributed by atoms with E-state index in [0.717, 1.165) is 6.92 Å². The first-order valence-electron chi connectivity index (χ1n) is 12.2. The molecular formula is C20H35NO19S. The number of aliphatic hydroxyl groups excluding tert-OH is 9. The summed E-state index contributed by atoms with van der Waals surface area (Å²) in [6.07, 6.45) is -25.7. The van der Waals surface area contributed by atoms with Crippen LogP contribution in [0.3, 0.4) is 0 Å². The van der Waals surface area contributed by atoms with Crippen molar-refractivity contribution in [2.75, 3.05) is 19.8 Å². The Morgan fingerprint density at radius 2 is 1.15 bits per heavy atom. The van der Waals surface area contributed by atoms with E-state index in [9.17, 15) is 63.7 Å². The van der Waals surface area contributed by atoms with Crippen molar-refractivity contribution in [3.8, 4) is 0 Å².